The molecule has 5 N–H and O–H groups in total. The van der Waals surface area contributed by atoms with Crippen molar-refractivity contribution in [3.63, 3.8) is 0 Å². The number of nitrogens with zero attached hydrogens (tertiary/aromatic N) is 4. The van der Waals surface area contributed by atoms with E-state index in [1.807, 2.05) is 36.7 Å². The number of H-pyrrole nitrogens is 2. The fourth-order valence-electron chi connectivity index (χ4n) is 8.16. The fourth-order valence-corrected chi connectivity index (χ4v) is 8.16. The van der Waals surface area contributed by atoms with Crippen LogP contribution in [0.25, 0.3) is 33.6 Å². The van der Waals surface area contributed by atoms with Crippen molar-refractivity contribution in [2.45, 2.75) is 76.5 Å². The number of amides is 3. The molecule has 14 heteroatoms. The minimum absolute atomic E-state index is 0.0546. The Morgan fingerprint density at radius 1 is 0.792 bits per heavy atom. The number of aromatic nitrogens is 4. The third kappa shape index (κ3) is 6.73. The van der Waals surface area contributed by atoms with Gasteiger partial charge in [-0.15, -0.1) is 0 Å². The minimum atomic E-state index is -1.22. The Hall–Kier alpha value is -5.66. The maximum atomic E-state index is 13.4. The molecule has 1 unspecified atom stereocenters. The lowest BCUT2D eigenvalue weighted by Gasteiger charge is -2.26. The van der Waals surface area contributed by atoms with Gasteiger partial charge in [0.2, 0.25) is 11.9 Å². The summed E-state index contributed by atoms with van der Waals surface area (Å²) < 4.78 is 4.69. The number of benzene rings is 2. The number of carboxylic acid groups (broad SMARTS) is 1. The van der Waals surface area contributed by atoms with Gasteiger partial charge >= 0.3 is 12.2 Å². The van der Waals surface area contributed by atoms with Crippen LogP contribution in [0, 0.1) is 10.8 Å². The molecular weight excluding hydrogens is 676 g/mol. The summed E-state index contributed by atoms with van der Waals surface area (Å²) >= 11 is 0. The standard InChI is InChI=1S/C39H44N8O6/c1-22(43-37(52)53-3)32(48)30-16-38(12-13-38)21-47(30)35-41-19-29(45-35)27-10-6-25(7-11-27)24-4-8-26(9-5-24)28-18-40-33(44-28)31-17-39(14-15-39)20-46(31)34(49)23(2)42-36(50)51/h4-11,18-19,22-23,30-31,42H,12-17,20-21H2,1-3H3,(H,40,44)(H,41,45)(H,43,52)(H,50,51)/t22-,23-,30?,31-/m0/s1. The molecule has 53 heavy (non-hydrogen) atoms. The highest BCUT2D eigenvalue weighted by Gasteiger charge is 2.56. The monoisotopic (exact) mass is 720 g/mol. The van der Waals surface area contributed by atoms with Gasteiger partial charge in [-0.3, -0.25) is 9.59 Å². The number of methoxy groups -OCH3 is 1. The van der Waals surface area contributed by atoms with E-state index >= 15 is 0 Å². The van der Waals surface area contributed by atoms with Crippen molar-refractivity contribution in [2.24, 2.45) is 10.8 Å². The molecule has 3 amide bonds. The van der Waals surface area contributed by atoms with Crippen LogP contribution in [0.3, 0.4) is 0 Å². The number of anilines is 1. The molecule has 14 nitrogen and oxygen atoms in total. The van der Waals surface area contributed by atoms with Crippen molar-refractivity contribution >= 4 is 29.8 Å². The average Bonchev–Trinajstić information content (AvgIpc) is 3.74. The van der Waals surface area contributed by atoms with Crippen LogP contribution in [0.15, 0.2) is 60.9 Å². The van der Waals surface area contributed by atoms with Gasteiger partial charge in [0.15, 0.2) is 5.78 Å². The number of ketones is 1. The molecule has 4 aromatic rings. The smallest absolute Gasteiger partial charge is 0.407 e. The predicted molar refractivity (Wildman–Crippen MR) is 196 cm³/mol. The topological polar surface area (TPSA) is 186 Å². The van der Waals surface area contributed by atoms with Gasteiger partial charge in [0, 0.05) is 36.6 Å². The number of hydrogen-bond donors (Lipinski definition) is 5. The number of aromatic amines is 2. The second-order valence-corrected chi connectivity index (χ2v) is 15.4. The number of Topliss-reactive ketones (excluding diaryl/α,β-unsaturated/α-hetero) is 1. The van der Waals surface area contributed by atoms with Crippen LogP contribution in [0.5, 0.6) is 0 Å². The van der Waals surface area contributed by atoms with Crippen molar-refractivity contribution in [1.82, 2.24) is 35.5 Å². The van der Waals surface area contributed by atoms with E-state index < -0.39 is 24.3 Å². The number of rotatable bonds is 10. The fraction of sp³-hybridized carbons (Fsp3) is 0.436. The molecule has 2 aliphatic carbocycles. The first-order chi connectivity index (χ1) is 25.4. The summed E-state index contributed by atoms with van der Waals surface area (Å²) in [5.74, 6) is 1.07. The minimum Gasteiger partial charge on any atom is -0.465 e. The third-order valence-electron chi connectivity index (χ3n) is 11.6. The average molecular weight is 721 g/mol. The molecule has 8 rings (SSSR count). The van der Waals surface area contributed by atoms with E-state index in [1.165, 1.54) is 7.11 Å². The van der Waals surface area contributed by atoms with Gasteiger partial charge < -0.3 is 40.2 Å². The van der Waals surface area contributed by atoms with Crippen LogP contribution >= 0.6 is 0 Å². The summed E-state index contributed by atoms with van der Waals surface area (Å²) in [5.41, 5.74) is 5.78. The highest BCUT2D eigenvalue weighted by atomic mass is 16.5. The van der Waals surface area contributed by atoms with E-state index in [9.17, 15) is 19.2 Å². The summed E-state index contributed by atoms with van der Waals surface area (Å²) in [7, 11) is 1.28. The Morgan fingerprint density at radius 2 is 1.36 bits per heavy atom. The van der Waals surface area contributed by atoms with Crippen molar-refractivity contribution in [1.29, 1.82) is 0 Å². The molecule has 2 aromatic heterocycles. The molecule has 4 heterocycles. The summed E-state index contributed by atoms with van der Waals surface area (Å²) in [6.07, 6.45) is 7.75. The molecule has 0 radical (unpaired) electrons. The van der Waals surface area contributed by atoms with E-state index in [0.29, 0.717) is 18.3 Å². The molecule has 0 bridgehead atoms. The number of alkyl carbamates (subject to hydrolysis) is 1. The number of likely N-dealkylation sites (tertiary alicyclic amines) is 1. The molecule has 2 aliphatic heterocycles. The van der Waals surface area contributed by atoms with Crippen molar-refractivity contribution in [2.75, 3.05) is 25.1 Å². The highest BCUT2D eigenvalue weighted by Crippen LogP contribution is 2.58. The van der Waals surface area contributed by atoms with E-state index in [-0.39, 0.29) is 34.6 Å². The Kier molecular flexibility index (Phi) is 8.50. The first-order valence-corrected chi connectivity index (χ1v) is 18.2. The summed E-state index contributed by atoms with van der Waals surface area (Å²) in [4.78, 5) is 69.8. The maximum absolute atomic E-state index is 13.4. The van der Waals surface area contributed by atoms with E-state index in [4.69, 9.17) is 19.8 Å². The van der Waals surface area contributed by atoms with Gasteiger partial charge in [0.05, 0.1) is 36.6 Å². The second-order valence-electron chi connectivity index (χ2n) is 15.4. The van der Waals surface area contributed by atoms with Crippen LogP contribution in [0.2, 0.25) is 0 Å². The molecule has 2 spiro atoms. The molecule has 4 aliphatic rings. The molecule has 4 fully saturated rings. The van der Waals surface area contributed by atoms with E-state index in [1.54, 1.807) is 18.7 Å². The molecular formula is C39H44N8O6. The zero-order chi connectivity index (χ0) is 37.1. The van der Waals surface area contributed by atoms with E-state index in [2.05, 4.69) is 49.8 Å². The van der Waals surface area contributed by atoms with Crippen LogP contribution in [0.4, 0.5) is 15.5 Å². The van der Waals surface area contributed by atoms with Gasteiger partial charge in [-0.2, -0.15) is 0 Å². The maximum Gasteiger partial charge on any atom is 0.407 e. The lowest BCUT2D eigenvalue weighted by molar-refractivity contribution is -0.134. The normalized spacial score (nSPS) is 21.7. The zero-order valence-corrected chi connectivity index (χ0v) is 30.0. The summed E-state index contributed by atoms with van der Waals surface area (Å²) in [6.45, 7) is 4.64. The van der Waals surface area contributed by atoms with Crippen molar-refractivity contribution in [3.8, 4) is 33.6 Å². The third-order valence-corrected chi connectivity index (χ3v) is 11.6. The summed E-state index contributed by atoms with van der Waals surface area (Å²) in [5, 5.41) is 14.0. The van der Waals surface area contributed by atoms with Gasteiger partial charge in [0.1, 0.15) is 11.9 Å². The second kappa shape index (κ2) is 13.1. The quantitative estimate of drug-likeness (QED) is 0.141. The van der Waals surface area contributed by atoms with Crippen LogP contribution < -0.4 is 15.5 Å². The zero-order valence-electron chi connectivity index (χ0n) is 30.0. The van der Waals surface area contributed by atoms with Crippen LogP contribution in [-0.2, 0) is 14.3 Å². The number of nitrogens with one attached hydrogen (secondary N) is 4. The van der Waals surface area contributed by atoms with Crippen LogP contribution in [-0.4, -0.2) is 92.1 Å². The summed E-state index contributed by atoms with van der Waals surface area (Å²) in [6, 6.07) is 14.3. The SMILES string of the molecule is COC(=O)N[C@@H](C)C(=O)C1CC2(CC2)CN1c1nc(-c2ccc(-c3ccc(-c4c[nH]c([C@@H]5CC6(CC6)CN5C(=O)[C@H](C)NC(=O)O)n4)cc3)cc2)c[nH]1. The molecule has 2 saturated heterocycles. The van der Waals surface area contributed by atoms with Crippen molar-refractivity contribution in [3.05, 3.63) is 66.7 Å². The molecule has 276 valence electrons. The number of carbonyl (C=O) groups is 4. The lowest BCUT2D eigenvalue weighted by Crippen LogP contribution is -2.48. The first-order valence-electron chi connectivity index (χ1n) is 18.2. The number of ether oxygens (including phenoxy) is 1. The van der Waals surface area contributed by atoms with E-state index in [0.717, 1.165) is 78.7 Å². The lowest BCUT2D eigenvalue weighted by atomic mass is 9.98. The number of imidazole rings is 2. The Balaban J connectivity index is 0.937. The van der Waals surface area contributed by atoms with Gasteiger partial charge in [-0.25, -0.2) is 19.6 Å². The largest absolute Gasteiger partial charge is 0.465 e. The molecule has 4 atom stereocenters. The van der Waals surface area contributed by atoms with Crippen LogP contribution in [0.1, 0.15) is 64.2 Å². The van der Waals surface area contributed by atoms with Gasteiger partial charge in [-0.1, -0.05) is 48.5 Å². The Labute approximate surface area is 306 Å². The highest BCUT2D eigenvalue weighted by molar-refractivity contribution is 5.94. The molecule has 2 saturated carbocycles. The van der Waals surface area contributed by atoms with Crippen molar-refractivity contribution < 1.29 is 29.0 Å². The molecule has 2 aromatic carbocycles. The first kappa shape index (κ1) is 34.4. The Morgan fingerprint density at radius 3 is 1.94 bits per heavy atom. The predicted octanol–water partition coefficient (Wildman–Crippen LogP) is 5.52. The number of hydrogen-bond acceptors (Lipinski definition) is 8. The van der Waals surface area contributed by atoms with Gasteiger partial charge in [0.25, 0.3) is 0 Å². The Bertz CT molecular complexity index is 2050. The number of carbonyl (C=O) groups excluding carboxylic acids is 3. The van der Waals surface area contributed by atoms with Gasteiger partial charge in [-0.05, 0) is 74.3 Å².